The molecule has 1 aliphatic rings. The van der Waals surface area contributed by atoms with E-state index in [-0.39, 0.29) is 6.10 Å². The predicted molar refractivity (Wildman–Crippen MR) is 75.9 cm³/mol. The number of benzene rings is 1. The van der Waals surface area contributed by atoms with Crippen molar-refractivity contribution in [3.05, 3.63) is 35.9 Å². The fraction of sp³-hybridized carbons (Fsp3) is 0.571. The van der Waals surface area contributed by atoms with E-state index in [1.165, 1.54) is 18.4 Å². The van der Waals surface area contributed by atoms with Gasteiger partial charge in [0, 0.05) is 4.43 Å². The quantitative estimate of drug-likeness (QED) is 0.560. The maximum atomic E-state index is 6.03. The Labute approximate surface area is 112 Å². The van der Waals surface area contributed by atoms with E-state index in [0.717, 1.165) is 22.9 Å². The highest BCUT2D eigenvalue weighted by Crippen LogP contribution is 2.37. The highest BCUT2D eigenvalue weighted by atomic mass is 127. The van der Waals surface area contributed by atoms with E-state index in [2.05, 4.69) is 59.8 Å². The highest BCUT2D eigenvalue weighted by Gasteiger charge is 2.28. The van der Waals surface area contributed by atoms with Crippen LogP contribution in [0.2, 0.25) is 0 Å². The predicted octanol–water partition coefficient (Wildman–Crippen LogP) is 4.23. The van der Waals surface area contributed by atoms with Crippen molar-refractivity contribution in [2.24, 2.45) is 11.8 Å². The molecule has 0 spiro atoms. The third kappa shape index (κ3) is 3.45. The van der Waals surface area contributed by atoms with Crippen LogP contribution in [0, 0.1) is 11.8 Å². The molecule has 0 N–H and O–H groups in total. The molecule has 0 saturated heterocycles. The summed E-state index contributed by atoms with van der Waals surface area (Å²) >= 11 is 2.41. The number of hydrogen-bond acceptors (Lipinski definition) is 1. The lowest BCUT2D eigenvalue weighted by atomic mass is 10.1. The van der Waals surface area contributed by atoms with Gasteiger partial charge in [-0.2, -0.15) is 0 Å². The summed E-state index contributed by atoms with van der Waals surface area (Å²) in [4.78, 5) is 0. The van der Waals surface area contributed by atoms with Crippen molar-refractivity contribution in [2.75, 3.05) is 11.0 Å². The summed E-state index contributed by atoms with van der Waals surface area (Å²) in [6, 6.07) is 10.5. The van der Waals surface area contributed by atoms with Gasteiger partial charge < -0.3 is 4.74 Å². The minimum absolute atomic E-state index is 0.267. The second kappa shape index (κ2) is 6.01. The first-order valence-electron chi connectivity index (χ1n) is 6.03. The third-order valence-corrected chi connectivity index (χ3v) is 4.10. The van der Waals surface area contributed by atoms with Gasteiger partial charge >= 0.3 is 0 Å². The first kappa shape index (κ1) is 12.4. The van der Waals surface area contributed by atoms with Crippen LogP contribution in [0.3, 0.4) is 0 Å². The van der Waals surface area contributed by atoms with Gasteiger partial charge in [-0.15, -0.1) is 0 Å². The lowest BCUT2D eigenvalue weighted by Crippen LogP contribution is -2.13. The van der Waals surface area contributed by atoms with Gasteiger partial charge in [0.05, 0.1) is 12.7 Å². The van der Waals surface area contributed by atoms with E-state index in [9.17, 15) is 0 Å². The average Bonchev–Trinajstić information content (AvgIpc) is 3.15. The lowest BCUT2D eigenvalue weighted by molar-refractivity contribution is 0.0430. The molecule has 0 aromatic heterocycles. The molecule has 1 aromatic carbocycles. The number of alkyl halides is 1. The van der Waals surface area contributed by atoms with Gasteiger partial charge in [-0.1, -0.05) is 59.8 Å². The van der Waals surface area contributed by atoms with Gasteiger partial charge in [0.1, 0.15) is 0 Å². The van der Waals surface area contributed by atoms with Gasteiger partial charge in [-0.3, -0.25) is 0 Å². The Morgan fingerprint density at radius 1 is 1.31 bits per heavy atom. The summed E-state index contributed by atoms with van der Waals surface area (Å²) in [5.41, 5.74) is 1.31. The lowest BCUT2D eigenvalue weighted by Gasteiger charge is -2.18. The largest absolute Gasteiger partial charge is 0.372 e. The molecule has 0 amide bonds. The number of ether oxygens (including phenoxy) is 1. The molecule has 88 valence electrons. The van der Waals surface area contributed by atoms with E-state index in [1.807, 2.05) is 0 Å². The number of hydrogen-bond donors (Lipinski definition) is 0. The molecule has 1 nitrogen and oxygen atoms in total. The Bertz CT molecular complexity index is 308. The Hall–Kier alpha value is -0.0900. The van der Waals surface area contributed by atoms with Crippen molar-refractivity contribution in [1.29, 1.82) is 0 Å². The van der Waals surface area contributed by atoms with Gasteiger partial charge in [0.25, 0.3) is 0 Å². The molecule has 1 saturated carbocycles. The van der Waals surface area contributed by atoms with Gasteiger partial charge in [0.2, 0.25) is 0 Å². The van der Waals surface area contributed by atoms with E-state index in [4.69, 9.17) is 4.74 Å². The molecular weight excluding hydrogens is 311 g/mol. The maximum Gasteiger partial charge on any atom is 0.0914 e. The Kier molecular flexibility index (Phi) is 4.65. The van der Waals surface area contributed by atoms with Crippen molar-refractivity contribution in [3.8, 4) is 0 Å². The third-order valence-electron chi connectivity index (χ3n) is 3.30. The molecule has 2 heteroatoms. The van der Waals surface area contributed by atoms with E-state index in [1.54, 1.807) is 0 Å². The Morgan fingerprint density at radius 3 is 2.56 bits per heavy atom. The molecule has 2 rings (SSSR count). The van der Waals surface area contributed by atoms with Crippen LogP contribution < -0.4 is 0 Å². The first-order valence-corrected chi connectivity index (χ1v) is 7.56. The molecule has 1 aromatic rings. The van der Waals surface area contributed by atoms with E-state index >= 15 is 0 Å². The molecule has 1 fully saturated rings. The molecule has 2 unspecified atom stereocenters. The monoisotopic (exact) mass is 330 g/mol. The van der Waals surface area contributed by atoms with Crippen LogP contribution in [0.5, 0.6) is 0 Å². The average molecular weight is 330 g/mol. The molecule has 1 aliphatic carbocycles. The zero-order valence-electron chi connectivity index (χ0n) is 9.73. The zero-order chi connectivity index (χ0) is 11.4. The van der Waals surface area contributed by atoms with Gasteiger partial charge in [-0.25, -0.2) is 0 Å². The molecular formula is C14H19IO. The van der Waals surface area contributed by atoms with Crippen molar-refractivity contribution in [2.45, 2.75) is 25.9 Å². The second-order valence-corrected chi connectivity index (χ2v) is 5.58. The minimum Gasteiger partial charge on any atom is -0.372 e. The smallest absolute Gasteiger partial charge is 0.0914 e. The molecule has 0 heterocycles. The van der Waals surface area contributed by atoms with Gasteiger partial charge in [0.15, 0.2) is 0 Å². The van der Waals surface area contributed by atoms with Crippen LogP contribution in [-0.4, -0.2) is 11.0 Å². The Morgan fingerprint density at radius 2 is 2.00 bits per heavy atom. The van der Waals surface area contributed by atoms with Crippen molar-refractivity contribution in [1.82, 2.24) is 0 Å². The summed E-state index contributed by atoms with van der Waals surface area (Å²) in [6.07, 6.45) is 3.08. The van der Waals surface area contributed by atoms with Crippen LogP contribution >= 0.6 is 22.6 Å². The molecule has 0 radical (unpaired) electrons. The number of halogens is 1. The van der Waals surface area contributed by atoms with Gasteiger partial charge in [-0.05, 0) is 30.2 Å². The summed E-state index contributed by atoms with van der Waals surface area (Å²) in [5.74, 6) is 1.67. The zero-order valence-corrected chi connectivity index (χ0v) is 11.9. The van der Waals surface area contributed by atoms with Crippen molar-refractivity contribution in [3.63, 3.8) is 0 Å². The fourth-order valence-corrected chi connectivity index (χ4v) is 2.73. The summed E-state index contributed by atoms with van der Waals surface area (Å²) in [6.45, 7) is 3.22. The number of rotatable bonds is 6. The van der Waals surface area contributed by atoms with Crippen LogP contribution in [0.25, 0.3) is 0 Å². The SMILES string of the molecule is CC(COC(CI)c1ccccc1)C1CC1. The van der Waals surface area contributed by atoms with Crippen molar-refractivity contribution >= 4 is 22.6 Å². The fourth-order valence-electron chi connectivity index (χ4n) is 1.97. The normalized spacial score (nSPS) is 19.4. The van der Waals surface area contributed by atoms with Crippen LogP contribution in [0.4, 0.5) is 0 Å². The Balaban J connectivity index is 1.85. The minimum atomic E-state index is 0.267. The second-order valence-electron chi connectivity index (χ2n) is 4.70. The van der Waals surface area contributed by atoms with Crippen molar-refractivity contribution < 1.29 is 4.74 Å². The van der Waals surface area contributed by atoms with Crippen LogP contribution in [-0.2, 0) is 4.74 Å². The molecule has 2 atom stereocenters. The van der Waals surface area contributed by atoms with E-state index in [0.29, 0.717) is 0 Å². The standard InChI is InChI=1S/C14H19IO/c1-11(12-7-8-12)10-16-14(9-15)13-5-3-2-4-6-13/h2-6,11-12,14H,7-10H2,1H3. The van der Waals surface area contributed by atoms with Crippen LogP contribution in [0.1, 0.15) is 31.4 Å². The highest BCUT2D eigenvalue weighted by molar-refractivity contribution is 14.1. The van der Waals surface area contributed by atoms with E-state index < -0.39 is 0 Å². The maximum absolute atomic E-state index is 6.03. The molecule has 16 heavy (non-hydrogen) atoms. The molecule has 0 bridgehead atoms. The topological polar surface area (TPSA) is 9.23 Å². The summed E-state index contributed by atoms with van der Waals surface area (Å²) in [7, 11) is 0. The first-order chi connectivity index (χ1) is 7.81. The summed E-state index contributed by atoms with van der Waals surface area (Å²) in [5, 5.41) is 0. The van der Waals surface area contributed by atoms with Crippen LogP contribution in [0.15, 0.2) is 30.3 Å². The molecule has 0 aliphatic heterocycles. The summed E-state index contributed by atoms with van der Waals surface area (Å²) < 4.78 is 7.06.